The third-order valence-corrected chi connectivity index (χ3v) is 2.77. The first-order valence-corrected chi connectivity index (χ1v) is 5.64. The van der Waals surface area contributed by atoms with Crippen LogP contribution in [0.3, 0.4) is 0 Å². The predicted molar refractivity (Wildman–Crippen MR) is 51.7 cm³/mol. The van der Waals surface area contributed by atoms with Crippen LogP contribution in [-0.4, -0.2) is 13.0 Å². The zero-order valence-electron chi connectivity index (χ0n) is 6.37. The molecule has 0 aliphatic heterocycles. The van der Waals surface area contributed by atoms with Gasteiger partial charge in [0.1, 0.15) is 5.75 Å². The molecule has 0 saturated heterocycles. The molecule has 1 rings (SSSR count). The van der Waals surface area contributed by atoms with Crippen LogP contribution in [0.15, 0.2) is 18.2 Å². The predicted octanol–water partition coefficient (Wildman–Crippen LogP) is 2.38. The van der Waals surface area contributed by atoms with E-state index in [1.807, 2.05) is 0 Å². The Labute approximate surface area is 86.0 Å². The molecule has 0 aliphatic rings. The summed E-state index contributed by atoms with van der Waals surface area (Å²) in [6.07, 6.45) is 0. The van der Waals surface area contributed by atoms with Crippen molar-refractivity contribution in [1.29, 1.82) is 0 Å². The fourth-order valence-corrected chi connectivity index (χ4v) is 1.76. The molecule has 3 nitrogen and oxygen atoms in total. The molecule has 0 spiro atoms. The van der Waals surface area contributed by atoms with Gasteiger partial charge in [0.15, 0.2) is 0 Å². The lowest BCUT2D eigenvalue weighted by atomic mass is 10.2. The highest BCUT2D eigenvalue weighted by Crippen LogP contribution is 2.23. The summed E-state index contributed by atoms with van der Waals surface area (Å²) in [5.74, 6) is -0.454. The van der Waals surface area contributed by atoms with Gasteiger partial charge in [-0.3, -0.25) is 4.55 Å². The van der Waals surface area contributed by atoms with Gasteiger partial charge in [-0.05, 0) is 17.7 Å². The van der Waals surface area contributed by atoms with Crippen molar-refractivity contribution in [2.24, 2.45) is 0 Å². The fraction of sp³-hybridized carbons (Fsp3) is 0.143. The maximum Gasteiger partial charge on any atom is 0.269 e. The molecular formula is C7H6Cl2O3S. The molecule has 1 N–H and O–H groups in total. The zero-order chi connectivity index (χ0) is 10.1. The van der Waals surface area contributed by atoms with E-state index in [9.17, 15) is 8.42 Å². The Morgan fingerprint density at radius 1 is 1.23 bits per heavy atom. The van der Waals surface area contributed by atoms with Crippen LogP contribution in [0.4, 0.5) is 0 Å². The molecule has 0 bridgehead atoms. The van der Waals surface area contributed by atoms with Gasteiger partial charge in [0.2, 0.25) is 0 Å². The van der Waals surface area contributed by atoms with Crippen molar-refractivity contribution in [2.45, 2.75) is 5.75 Å². The summed E-state index contributed by atoms with van der Waals surface area (Å²) < 4.78 is 29.5. The lowest BCUT2D eigenvalue weighted by Crippen LogP contribution is -2.01. The fourth-order valence-electron chi connectivity index (χ4n) is 0.840. The summed E-state index contributed by atoms with van der Waals surface area (Å²) in [7, 11) is -4.01. The second-order valence-electron chi connectivity index (χ2n) is 2.47. The van der Waals surface area contributed by atoms with E-state index in [0.29, 0.717) is 10.6 Å². The lowest BCUT2D eigenvalue weighted by Gasteiger charge is -2.00. The van der Waals surface area contributed by atoms with Crippen LogP contribution in [0.5, 0.6) is 0 Å². The number of benzene rings is 1. The Balaban J connectivity index is 2.99. The molecule has 0 saturated carbocycles. The van der Waals surface area contributed by atoms with Gasteiger partial charge in [-0.15, -0.1) is 0 Å². The van der Waals surface area contributed by atoms with Gasteiger partial charge in [0.05, 0.1) is 10.0 Å². The van der Waals surface area contributed by atoms with E-state index < -0.39 is 15.9 Å². The van der Waals surface area contributed by atoms with Crippen LogP contribution in [0, 0.1) is 0 Å². The molecule has 0 atom stereocenters. The number of hydrogen-bond donors (Lipinski definition) is 1. The van der Waals surface area contributed by atoms with Crippen molar-refractivity contribution in [3.8, 4) is 0 Å². The Morgan fingerprint density at radius 3 is 2.31 bits per heavy atom. The molecule has 6 heteroatoms. The van der Waals surface area contributed by atoms with Gasteiger partial charge in [-0.2, -0.15) is 8.42 Å². The maximum absolute atomic E-state index is 10.5. The molecule has 0 unspecified atom stereocenters. The molecular weight excluding hydrogens is 235 g/mol. The molecule has 0 amide bonds. The Morgan fingerprint density at radius 2 is 1.85 bits per heavy atom. The number of hydrogen-bond acceptors (Lipinski definition) is 2. The van der Waals surface area contributed by atoms with Crippen LogP contribution in [-0.2, 0) is 15.9 Å². The van der Waals surface area contributed by atoms with Crippen molar-refractivity contribution in [3.63, 3.8) is 0 Å². The van der Waals surface area contributed by atoms with Crippen LogP contribution < -0.4 is 0 Å². The molecule has 0 heterocycles. The summed E-state index contributed by atoms with van der Waals surface area (Å²) >= 11 is 11.2. The molecule has 0 fully saturated rings. The average molecular weight is 241 g/mol. The first kappa shape index (κ1) is 10.8. The van der Waals surface area contributed by atoms with Crippen molar-refractivity contribution in [2.75, 3.05) is 0 Å². The minimum absolute atomic E-state index is 0.266. The summed E-state index contributed by atoms with van der Waals surface area (Å²) in [4.78, 5) is 0. The second-order valence-corrected chi connectivity index (χ2v) is 4.74. The minimum atomic E-state index is -4.01. The van der Waals surface area contributed by atoms with E-state index in [-0.39, 0.29) is 5.02 Å². The molecule has 1 aromatic rings. The van der Waals surface area contributed by atoms with Crippen molar-refractivity contribution >= 4 is 33.3 Å². The minimum Gasteiger partial charge on any atom is -0.285 e. The summed E-state index contributed by atoms with van der Waals surface area (Å²) in [6, 6.07) is 4.37. The maximum atomic E-state index is 10.5. The topological polar surface area (TPSA) is 54.4 Å². The van der Waals surface area contributed by atoms with Gasteiger partial charge < -0.3 is 0 Å². The molecule has 0 radical (unpaired) electrons. The molecule has 13 heavy (non-hydrogen) atoms. The average Bonchev–Trinajstić information content (AvgIpc) is 1.94. The van der Waals surface area contributed by atoms with Crippen LogP contribution in [0.25, 0.3) is 0 Å². The Hall–Kier alpha value is -0.290. The van der Waals surface area contributed by atoms with Crippen LogP contribution in [0.2, 0.25) is 10.0 Å². The monoisotopic (exact) mass is 240 g/mol. The van der Waals surface area contributed by atoms with E-state index in [4.69, 9.17) is 27.8 Å². The molecule has 1 aromatic carbocycles. The highest BCUT2D eigenvalue weighted by molar-refractivity contribution is 7.85. The van der Waals surface area contributed by atoms with Crippen molar-refractivity contribution < 1.29 is 13.0 Å². The molecule has 72 valence electrons. The lowest BCUT2D eigenvalue weighted by molar-refractivity contribution is 0.482. The summed E-state index contributed by atoms with van der Waals surface area (Å²) in [5, 5.41) is 0.614. The summed E-state index contributed by atoms with van der Waals surface area (Å²) in [5.41, 5.74) is 0.400. The van der Waals surface area contributed by atoms with Crippen LogP contribution >= 0.6 is 23.2 Å². The number of halogens is 2. The molecule has 0 aliphatic carbocycles. The highest BCUT2D eigenvalue weighted by atomic mass is 35.5. The normalized spacial score (nSPS) is 11.6. The summed E-state index contributed by atoms with van der Waals surface area (Å²) in [6.45, 7) is 0. The zero-order valence-corrected chi connectivity index (χ0v) is 8.70. The quantitative estimate of drug-likeness (QED) is 0.808. The third kappa shape index (κ3) is 3.52. The van der Waals surface area contributed by atoms with Gasteiger partial charge in [0, 0.05) is 0 Å². The number of rotatable bonds is 2. The molecule has 0 aromatic heterocycles. The van der Waals surface area contributed by atoms with Crippen molar-refractivity contribution in [3.05, 3.63) is 33.8 Å². The smallest absolute Gasteiger partial charge is 0.269 e. The first-order valence-electron chi connectivity index (χ1n) is 3.27. The van der Waals surface area contributed by atoms with Gasteiger partial charge >= 0.3 is 0 Å². The van der Waals surface area contributed by atoms with E-state index in [1.165, 1.54) is 18.2 Å². The Kier molecular flexibility index (Phi) is 3.18. The van der Waals surface area contributed by atoms with Gasteiger partial charge in [-0.1, -0.05) is 29.3 Å². The second kappa shape index (κ2) is 3.84. The largest absolute Gasteiger partial charge is 0.285 e. The van der Waals surface area contributed by atoms with Gasteiger partial charge in [0.25, 0.3) is 10.1 Å². The van der Waals surface area contributed by atoms with Crippen LogP contribution in [0.1, 0.15) is 5.56 Å². The standard InChI is InChI=1S/C7H6Cl2O3S/c8-6-2-1-5(3-7(6)9)4-13(10,11)12/h1-3H,4H2,(H,10,11,12). The van der Waals surface area contributed by atoms with E-state index in [0.717, 1.165) is 0 Å². The first-order chi connectivity index (χ1) is 5.88. The van der Waals surface area contributed by atoms with Crippen molar-refractivity contribution in [1.82, 2.24) is 0 Å². The van der Waals surface area contributed by atoms with E-state index in [2.05, 4.69) is 0 Å². The van der Waals surface area contributed by atoms with E-state index in [1.54, 1.807) is 0 Å². The van der Waals surface area contributed by atoms with Gasteiger partial charge in [-0.25, -0.2) is 0 Å². The highest BCUT2D eigenvalue weighted by Gasteiger charge is 2.07. The third-order valence-electron chi connectivity index (χ3n) is 1.33. The Bertz CT molecular complexity index is 414. The SMILES string of the molecule is O=S(=O)(O)Cc1ccc(Cl)c(Cl)c1. The van der Waals surface area contributed by atoms with E-state index >= 15 is 0 Å².